The van der Waals surface area contributed by atoms with Crippen LogP contribution >= 0.6 is 0 Å². The first kappa shape index (κ1) is 11.1. The van der Waals surface area contributed by atoms with Gasteiger partial charge in [0, 0.05) is 25.6 Å². The fourth-order valence-corrected chi connectivity index (χ4v) is 2.97. The molecule has 2 rings (SSSR count). The second-order valence-electron chi connectivity index (χ2n) is 5.27. The maximum Gasteiger partial charge on any atom is 0.136 e. The lowest BCUT2D eigenvalue weighted by atomic mass is 9.76. The number of carbonyl (C=O) groups excluding carboxylic acids is 1. The predicted molar refractivity (Wildman–Crippen MR) is 59.7 cm³/mol. The molecule has 0 bridgehead atoms. The third-order valence-electron chi connectivity index (χ3n) is 4.04. The maximum absolute atomic E-state index is 12.1. The Labute approximate surface area is 92.4 Å². The van der Waals surface area contributed by atoms with Gasteiger partial charge in [0.2, 0.25) is 0 Å². The van der Waals surface area contributed by atoms with Crippen LogP contribution in [0.15, 0.2) is 0 Å². The summed E-state index contributed by atoms with van der Waals surface area (Å²) in [5.74, 6) is 2.01. The fourth-order valence-electron chi connectivity index (χ4n) is 2.97. The zero-order valence-electron chi connectivity index (χ0n) is 9.71. The molecule has 1 saturated heterocycles. The van der Waals surface area contributed by atoms with Crippen LogP contribution in [0.25, 0.3) is 0 Å². The van der Waals surface area contributed by atoms with E-state index in [4.69, 9.17) is 4.74 Å². The molecule has 0 radical (unpaired) electrons. The van der Waals surface area contributed by atoms with Crippen LogP contribution in [0.5, 0.6) is 0 Å². The molecule has 1 aliphatic carbocycles. The van der Waals surface area contributed by atoms with Gasteiger partial charge in [0.25, 0.3) is 0 Å². The molecule has 0 aromatic carbocycles. The van der Waals surface area contributed by atoms with E-state index in [2.05, 4.69) is 6.92 Å². The molecule has 2 fully saturated rings. The summed E-state index contributed by atoms with van der Waals surface area (Å²) in [6, 6.07) is 0. The van der Waals surface area contributed by atoms with Crippen molar-refractivity contribution in [2.24, 2.45) is 17.8 Å². The van der Waals surface area contributed by atoms with Crippen molar-refractivity contribution in [1.29, 1.82) is 0 Å². The standard InChI is InChI=1S/C13H22O2/c1-10-4-2-3-5-12(10)13(14)8-11-6-7-15-9-11/h10-12H,2-9H2,1H3. The summed E-state index contributed by atoms with van der Waals surface area (Å²) < 4.78 is 5.32. The van der Waals surface area contributed by atoms with E-state index in [1.165, 1.54) is 19.3 Å². The first-order valence-corrected chi connectivity index (χ1v) is 6.38. The Morgan fingerprint density at radius 1 is 1.27 bits per heavy atom. The molecule has 2 nitrogen and oxygen atoms in total. The molecule has 1 aliphatic heterocycles. The Hall–Kier alpha value is -0.370. The number of carbonyl (C=O) groups is 1. The van der Waals surface area contributed by atoms with Gasteiger partial charge in [-0.3, -0.25) is 4.79 Å². The van der Waals surface area contributed by atoms with Crippen molar-refractivity contribution in [3.63, 3.8) is 0 Å². The minimum absolute atomic E-state index is 0.361. The van der Waals surface area contributed by atoms with Crippen molar-refractivity contribution in [1.82, 2.24) is 0 Å². The number of rotatable bonds is 3. The average Bonchev–Trinajstić information content (AvgIpc) is 2.71. The Kier molecular flexibility index (Phi) is 3.79. The van der Waals surface area contributed by atoms with Crippen LogP contribution in [0.4, 0.5) is 0 Å². The van der Waals surface area contributed by atoms with Gasteiger partial charge in [0.05, 0.1) is 0 Å². The lowest BCUT2D eigenvalue weighted by Crippen LogP contribution is -2.27. The van der Waals surface area contributed by atoms with Gasteiger partial charge in [0.1, 0.15) is 5.78 Å². The fraction of sp³-hybridized carbons (Fsp3) is 0.923. The minimum Gasteiger partial charge on any atom is -0.381 e. The molecule has 0 aromatic heterocycles. The van der Waals surface area contributed by atoms with Crippen LogP contribution in [-0.4, -0.2) is 19.0 Å². The summed E-state index contributed by atoms with van der Waals surface area (Å²) >= 11 is 0. The summed E-state index contributed by atoms with van der Waals surface area (Å²) in [6.07, 6.45) is 6.81. The molecule has 0 spiro atoms. The maximum atomic E-state index is 12.1. The molecule has 1 heterocycles. The number of hydrogen-bond acceptors (Lipinski definition) is 2. The molecule has 2 aliphatic rings. The molecular formula is C13H22O2. The van der Waals surface area contributed by atoms with Crippen LogP contribution in [0.2, 0.25) is 0 Å². The monoisotopic (exact) mass is 210 g/mol. The van der Waals surface area contributed by atoms with Gasteiger partial charge in [0.15, 0.2) is 0 Å². The van der Waals surface area contributed by atoms with Crippen molar-refractivity contribution < 1.29 is 9.53 Å². The topological polar surface area (TPSA) is 26.3 Å². The van der Waals surface area contributed by atoms with Crippen molar-refractivity contribution >= 4 is 5.78 Å². The van der Waals surface area contributed by atoms with Gasteiger partial charge in [-0.2, -0.15) is 0 Å². The van der Waals surface area contributed by atoms with Crippen LogP contribution in [-0.2, 0) is 9.53 Å². The normalized spacial score (nSPS) is 36.7. The lowest BCUT2D eigenvalue weighted by molar-refractivity contribution is -0.126. The summed E-state index contributed by atoms with van der Waals surface area (Å²) in [5, 5.41) is 0. The van der Waals surface area contributed by atoms with Gasteiger partial charge in [-0.1, -0.05) is 26.2 Å². The van der Waals surface area contributed by atoms with Gasteiger partial charge >= 0.3 is 0 Å². The van der Waals surface area contributed by atoms with E-state index in [-0.39, 0.29) is 0 Å². The number of ketones is 1. The first-order valence-electron chi connectivity index (χ1n) is 6.38. The summed E-state index contributed by atoms with van der Waals surface area (Å²) in [6.45, 7) is 3.91. The molecule has 15 heavy (non-hydrogen) atoms. The SMILES string of the molecule is CC1CCCCC1C(=O)CC1CCOC1. The zero-order valence-corrected chi connectivity index (χ0v) is 9.71. The van der Waals surface area contributed by atoms with Crippen LogP contribution in [0.3, 0.4) is 0 Å². The molecular weight excluding hydrogens is 188 g/mol. The zero-order chi connectivity index (χ0) is 10.7. The molecule has 0 aromatic rings. The summed E-state index contributed by atoms with van der Waals surface area (Å²) in [7, 11) is 0. The number of hydrogen-bond donors (Lipinski definition) is 0. The van der Waals surface area contributed by atoms with Gasteiger partial charge in [-0.05, 0) is 24.7 Å². The molecule has 86 valence electrons. The first-order chi connectivity index (χ1) is 7.27. The number of Topliss-reactive ketones (excluding diaryl/α,β-unsaturated/α-hetero) is 1. The highest BCUT2D eigenvalue weighted by Gasteiger charge is 2.29. The highest BCUT2D eigenvalue weighted by atomic mass is 16.5. The smallest absolute Gasteiger partial charge is 0.136 e. The molecule has 3 atom stereocenters. The second-order valence-corrected chi connectivity index (χ2v) is 5.27. The quantitative estimate of drug-likeness (QED) is 0.716. The Morgan fingerprint density at radius 3 is 2.73 bits per heavy atom. The van der Waals surface area contributed by atoms with Crippen LogP contribution in [0, 0.1) is 17.8 Å². The van der Waals surface area contributed by atoms with Gasteiger partial charge in [-0.25, -0.2) is 0 Å². The highest BCUT2D eigenvalue weighted by molar-refractivity contribution is 5.81. The predicted octanol–water partition coefficient (Wildman–Crippen LogP) is 2.81. The molecule has 0 N–H and O–H groups in total. The van der Waals surface area contributed by atoms with E-state index in [0.29, 0.717) is 23.5 Å². The Bertz CT molecular complexity index is 219. The van der Waals surface area contributed by atoms with Gasteiger partial charge < -0.3 is 4.74 Å². The molecule has 2 heteroatoms. The molecule has 1 saturated carbocycles. The summed E-state index contributed by atoms with van der Waals surface area (Å²) in [5.41, 5.74) is 0. The van der Waals surface area contributed by atoms with E-state index in [0.717, 1.165) is 32.5 Å². The average molecular weight is 210 g/mol. The minimum atomic E-state index is 0.361. The van der Waals surface area contributed by atoms with E-state index < -0.39 is 0 Å². The van der Waals surface area contributed by atoms with Gasteiger partial charge in [-0.15, -0.1) is 0 Å². The van der Waals surface area contributed by atoms with E-state index in [1.54, 1.807) is 0 Å². The van der Waals surface area contributed by atoms with Crippen LogP contribution < -0.4 is 0 Å². The number of ether oxygens (including phenoxy) is 1. The van der Waals surface area contributed by atoms with Crippen LogP contribution in [0.1, 0.15) is 45.4 Å². The van der Waals surface area contributed by atoms with E-state index in [9.17, 15) is 4.79 Å². The van der Waals surface area contributed by atoms with Crippen molar-refractivity contribution in [3.8, 4) is 0 Å². The third-order valence-corrected chi connectivity index (χ3v) is 4.04. The third kappa shape index (κ3) is 2.81. The summed E-state index contributed by atoms with van der Waals surface area (Å²) in [4.78, 5) is 12.1. The van der Waals surface area contributed by atoms with E-state index in [1.807, 2.05) is 0 Å². The highest BCUT2D eigenvalue weighted by Crippen LogP contribution is 2.32. The second kappa shape index (κ2) is 5.11. The largest absolute Gasteiger partial charge is 0.381 e. The van der Waals surface area contributed by atoms with E-state index >= 15 is 0 Å². The molecule has 0 amide bonds. The van der Waals surface area contributed by atoms with Crippen molar-refractivity contribution in [2.45, 2.75) is 45.4 Å². The molecule has 3 unspecified atom stereocenters. The lowest BCUT2D eigenvalue weighted by Gasteiger charge is -2.28. The Balaban J connectivity index is 1.83. The van der Waals surface area contributed by atoms with Crippen molar-refractivity contribution in [2.75, 3.05) is 13.2 Å². The van der Waals surface area contributed by atoms with Crippen molar-refractivity contribution in [3.05, 3.63) is 0 Å². The Morgan fingerprint density at radius 2 is 2.07 bits per heavy atom.